The smallest absolute Gasteiger partial charge is 0.225 e. The maximum atomic E-state index is 12.6. The van der Waals surface area contributed by atoms with Crippen molar-refractivity contribution >= 4 is 11.6 Å². The molecule has 1 saturated carbocycles. The van der Waals surface area contributed by atoms with Crippen LogP contribution in [0.5, 0.6) is 17.2 Å². The minimum absolute atomic E-state index is 0.0483. The zero-order valence-corrected chi connectivity index (χ0v) is 14.8. The largest absolute Gasteiger partial charge is 0.493 e. The summed E-state index contributed by atoms with van der Waals surface area (Å²) in [7, 11) is 4.64. The van der Waals surface area contributed by atoms with Gasteiger partial charge in [-0.2, -0.15) is 0 Å². The van der Waals surface area contributed by atoms with Crippen LogP contribution in [0.3, 0.4) is 0 Å². The van der Waals surface area contributed by atoms with Crippen LogP contribution in [0.25, 0.3) is 0 Å². The van der Waals surface area contributed by atoms with Crippen LogP contribution in [0.1, 0.15) is 38.5 Å². The Morgan fingerprint density at radius 2 is 1.75 bits per heavy atom. The number of ether oxygens (including phenoxy) is 3. The lowest BCUT2D eigenvalue weighted by atomic mass is 9.71. The molecule has 1 aliphatic carbocycles. The number of nitrogens with two attached hydrogens (primary N) is 1. The molecule has 6 nitrogen and oxygen atoms in total. The average Bonchev–Trinajstić information content (AvgIpc) is 2.61. The molecule has 0 heterocycles. The first-order valence-corrected chi connectivity index (χ1v) is 8.38. The lowest BCUT2D eigenvalue weighted by Gasteiger charge is -2.35. The van der Waals surface area contributed by atoms with E-state index in [4.69, 9.17) is 19.9 Å². The summed E-state index contributed by atoms with van der Waals surface area (Å²) in [5, 5.41) is 2.94. The van der Waals surface area contributed by atoms with E-state index in [0.717, 1.165) is 25.7 Å². The number of carbonyl (C=O) groups excluding carboxylic acids is 1. The summed E-state index contributed by atoms with van der Waals surface area (Å²) in [6.07, 6.45) is 5.97. The monoisotopic (exact) mass is 336 g/mol. The van der Waals surface area contributed by atoms with Gasteiger partial charge in [0.05, 0.1) is 27.0 Å². The summed E-state index contributed by atoms with van der Waals surface area (Å²) in [5.74, 6) is 1.42. The van der Waals surface area contributed by atoms with Crippen LogP contribution >= 0.6 is 0 Å². The molecule has 0 unspecified atom stereocenters. The predicted octanol–water partition coefficient (Wildman–Crippen LogP) is 2.95. The number of rotatable bonds is 7. The number of methoxy groups -OCH3 is 3. The summed E-state index contributed by atoms with van der Waals surface area (Å²) in [5.41, 5.74) is 6.47. The van der Waals surface area contributed by atoms with Gasteiger partial charge < -0.3 is 25.3 Å². The molecular weight excluding hydrogens is 308 g/mol. The third kappa shape index (κ3) is 3.93. The lowest BCUT2D eigenvalue weighted by Crippen LogP contribution is -2.36. The van der Waals surface area contributed by atoms with Crippen LogP contribution in [-0.2, 0) is 4.79 Å². The number of carbonyl (C=O) groups is 1. The second-order valence-electron chi connectivity index (χ2n) is 6.37. The summed E-state index contributed by atoms with van der Waals surface area (Å²) in [6, 6.07) is 3.50. The van der Waals surface area contributed by atoms with Crippen molar-refractivity contribution in [2.75, 3.05) is 33.2 Å². The fraction of sp³-hybridized carbons (Fsp3) is 0.611. The van der Waals surface area contributed by atoms with Crippen molar-refractivity contribution in [3.05, 3.63) is 12.1 Å². The van der Waals surface area contributed by atoms with Gasteiger partial charge in [0.1, 0.15) is 0 Å². The lowest BCUT2D eigenvalue weighted by molar-refractivity contribution is -0.118. The Kier molecular flexibility index (Phi) is 6.31. The molecule has 0 aromatic heterocycles. The molecule has 0 atom stereocenters. The minimum atomic E-state index is -0.0773. The highest BCUT2D eigenvalue weighted by Gasteiger charge is 2.33. The summed E-state index contributed by atoms with van der Waals surface area (Å²) in [6.45, 7) is 0.545. The highest BCUT2D eigenvalue weighted by Crippen LogP contribution is 2.43. The molecule has 1 fully saturated rings. The van der Waals surface area contributed by atoms with Crippen molar-refractivity contribution in [3.8, 4) is 17.2 Å². The van der Waals surface area contributed by atoms with E-state index in [2.05, 4.69) is 5.32 Å². The van der Waals surface area contributed by atoms with Gasteiger partial charge in [-0.1, -0.05) is 19.3 Å². The second kappa shape index (κ2) is 8.24. The molecular formula is C18H28N2O4. The molecule has 0 aliphatic heterocycles. The van der Waals surface area contributed by atoms with Crippen LogP contribution in [0, 0.1) is 5.41 Å². The quantitative estimate of drug-likeness (QED) is 0.800. The van der Waals surface area contributed by atoms with Crippen molar-refractivity contribution < 1.29 is 19.0 Å². The van der Waals surface area contributed by atoms with Gasteiger partial charge in [0, 0.05) is 6.42 Å². The van der Waals surface area contributed by atoms with Crippen molar-refractivity contribution in [3.63, 3.8) is 0 Å². The van der Waals surface area contributed by atoms with E-state index >= 15 is 0 Å². The standard InChI is InChI=1S/C18H28N2O4/c1-22-14-8-7-13(16(23-2)17(14)24-3)20-15(21)11-18(12-19)9-5-4-6-10-18/h7-8H,4-6,9-12,19H2,1-3H3,(H,20,21). The fourth-order valence-corrected chi connectivity index (χ4v) is 3.49. The average molecular weight is 336 g/mol. The van der Waals surface area contributed by atoms with E-state index in [1.807, 2.05) is 0 Å². The molecule has 3 N–H and O–H groups in total. The number of hydrogen-bond donors (Lipinski definition) is 2. The van der Waals surface area contributed by atoms with Gasteiger partial charge >= 0.3 is 0 Å². The van der Waals surface area contributed by atoms with Gasteiger partial charge in [0.25, 0.3) is 0 Å². The Bertz CT molecular complexity index is 568. The first kappa shape index (κ1) is 18.4. The molecule has 0 bridgehead atoms. The van der Waals surface area contributed by atoms with E-state index in [1.54, 1.807) is 19.2 Å². The minimum Gasteiger partial charge on any atom is -0.493 e. The van der Waals surface area contributed by atoms with Gasteiger partial charge in [0.15, 0.2) is 11.5 Å². The van der Waals surface area contributed by atoms with Gasteiger partial charge in [-0.3, -0.25) is 4.79 Å². The second-order valence-corrected chi connectivity index (χ2v) is 6.37. The van der Waals surface area contributed by atoms with Crippen LogP contribution in [0.15, 0.2) is 12.1 Å². The van der Waals surface area contributed by atoms with Gasteiger partial charge in [-0.25, -0.2) is 0 Å². The molecule has 1 aromatic rings. The maximum absolute atomic E-state index is 12.6. The summed E-state index contributed by atoms with van der Waals surface area (Å²) < 4.78 is 16.0. The molecule has 6 heteroatoms. The Hall–Kier alpha value is -1.95. The summed E-state index contributed by atoms with van der Waals surface area (Å²) >= 11 is 0. The zero-order chi connectivity index (χ0) is 17.6. The van der Waals surface area contributed by atoms with E-state index < -0.39 is 0 Å². The molecule has 2 rings (SSSR count). The SMILES string of the molecule is COc1ccc(NC(=O)CC2(CN)CCCCC2)c(OC)c1OC. The Balaban J connectivity index is 2.16. The highest BCUT2D eigenvalue weighted by molar-refractivity contribution is 5.93. The number of benzene rings is 1. The molecule has 1 amide bonds. The van der Waals surface area contributed by atoms with Crippen molar-refractivity contribution in [1.82, 2.24) is 0 Å². The van der Waals surface area contributed by atoms with Gasteiger partial charge in [-0.05, 0) is 36.9 Å². The molecule has 0 saturated heterocycles. The fourth-order valence-electron chi connectivity index (χ4n) is 3.49. The van der Waals surface area contributed by atoms with Gasteiger partial charge in [0.2, 0.25) is 11.7 Å². The van der Waals surface area contributed by atoms with E-state index in [-0.39, 0.29) is 11.3 Å². The molecule has 24 heavy (non-hydrogen) atoms. The van der Waals surface area contributed by atoms with Gasteiger partial charge in [-0.15, -0.1) is 0 Å². The van der Waals surface area contributed by atoms with Crippen LogP contribution < -0.4 is 25.3 Å². The third-order valence-corrected chi connectivity index (χ3v) is 4.86. The summed E-state index contributed by atoms with van der Waals surface area (Å²) in [4.78, 5) is 12.6. The molecule has 134 valence electrons. The third-order valence-electron chi connectivity index (χ3n) is 4.86. The number of anilines is 1. The number of amides is 1. The molecule has 0 spiro atoms. The van der Waals surface area contributed by atoms with Crippen molar-refractivity contribution in [2.45, 2.75) is 38.5 Å². The molecule has 1 aliphatic rings. The van der Waals surface area contributed by atoms with E-state index in [1.165, 1.54) is 20.6 Å². The topological polar surface area (TPSA) is 82.8 Å². The Morgan fingerprint density at radius 3 is 2.29 bits per heavy atom. The first-order valence-electron chi connectivity index (χ1n) is 8.38. The van der Waals surface area contributed by atoms with Crippen LogP contribution in [0.4, 0.5) is 5.69 Å². The van der Waals surface area contributed by atoms with Crippen LogP contribution in [-0.4, -0.2) is 33.8 Å². The predicted molar refractivity (Wildman–Crippen MR) is 93.9 cm³/mol. The zero-order valence-electron chi connectivity index (χ0n) is 14.8. The van der Waals surface area contributed by atoms with Crippen molar-refractivity contribution in [2.24, 2.45) is 11.1 Å². The first-order chi connectivity index (χ1) is 11.6. The Morgan fingerprint density at radius 1 is 1.08 bits per heavy atom. The number of nitrogens with one attached hydrogen (secondary N) is 1. The maximum Gasteiger partial charge on any atom is 0.225 e. The van der Waals surface area contributed by atoms with E-state index in [0.29, 0.717) is 35.9 Å². The van der Waals surface area contributed by atoms with Crippen molar-refractivity contribution in [1.29, 1.82) is 0 Å². The Labute approximate surface area is 143 Å². The molecule has 0 radical (unpaired) electrons. The van der Waals surface area contributed by atoms with E-state index in [9.17, 15) is 4.79 Å². The normalized spacial score (nSPS) is 16.3. The molecule has 1 aromatic carbocycles. The number of hydrogen-bond acceptors (Lipinski definition) is 5. The highest BCUT2D eigenvalue weighted by atomic mass is 16.5. The van der Waals surface area contributed by atoms with Crippen LogP contribution in [0.2, 0.25) is 0 Å².